The molecule has 2 atom stereocenters. The Kier molecular flexibility index (Phi) is 8.64. The number of benzene rings is 1. The summed E-state index contributed by atoms with van der Waals surface area (Å²) < 4.78 is 5.14. The zero-order valence-electron chi connectivity index (χ0n) is 15.9. The maximum atomic E-state index is 12.2. The Bertz CT molecular complexity index is 667. The first-order chi connectivity index (χ1) is 13.1. The second-order valence-corrected chi connectivity index (χ2v) is 6.86. The monoisotopic (exact) mass is 374 g/mol. The molecule has 0 radical (unpaired) electrons. The minimum atomic E-state index is -0.389. The van der Waals surface area contributed by atoms with E-state index in [0.29, 0.717) is 38.0 Å². The van der Waals surface area contributed by atoms with Gasteiger partial charge in [0.2, 0.25) is 0 Å². The number of ether oxygens (including phenoxy) is 1. The lowest BCUT2D eigenvalue weighted by Gasteiger charge is -2.12. The van der Waals surface area contributed by atoms with E-state index >= 15 is 0 Å². The molecule has 0 spiro atoms. The number of allylic oxidation sites excluding steroid dienone is 1. The van der Waals surface area contributed by atoms with E-state index in [9.17, 15) is 9.90 Å². The first-order valence-electron chi connectivity index (χ1n) is 9.58. The molecule has 0 bridgehead atoms. The highest BCUT2D eigenvalue weighted by molar-refractivity contribution is 6.37. The average Bonchev–Trinajstić information content (AvgIpc) is 2.86. The Morgan fingerprint density at radius 3 is 2.67 bits per heavy atom. The smallest absolute Gasteiger partial charge is 0.352 e. The molecule has 6 nitrogen and oxygen atoms in total. The van der Waals surface area contributed by atoms with Gasteiger partial charge in [-0.3, -0.25) is 0 Å². The SMILES string of the molecule is CCOC(=O)C1=NC(c2ccc(C[C@H](N)CCO)cc2)=CCC(CCO)C1. The molecule has 0 saturated heterocycles. The third kappa shape index (κ3) is 6.57. The molecule has 0 fully saturated rings. The molecule has 0 aromatic heterocycles. The van der Waals surface area contributed by atoms with Crippen molar-refractivity contribution in [3.63, 3.8) is 0 Å². The lowest BCUT2D eigenvalue weighted by Crippen LogP contribution is -2.23. The number of aliphatic imine (C=N–C) groups is 1. The summed E-state index contributed by atoms with van der Waals surface area (Å²) in [5, 5.41) is 18.2. The highest BCUT2D eigenvalue weighted by Gasteiger charge is 2.22. The molecule has 0 amide bonds. The molecule has 1 heterocycles. The Morgan fingerprint density at radius 1 is 1.30 bits per heavy atom. The summed E-state index contributed by atoms with van der Waals surface area (Å²) >= 11 is 0. The van der Waals surface area contributed by atoms with Gasteiger partial charge in [0.05, 0.1) is 12.3 Å². The molecule has 4 N–H and O–H groups in total. The fourth-order valence-electron chi connectivity index (χ4n) is 3.18. The summed E-state index contributed by atoms with van der Waals surface area (Å²) in [6, 6.07) is 7.90. The van der Waals surface area contributed by atoms with Crippen molar-refractivity contribution in [3.05, 3.63) is 41.5 Å². The number of aliphatic hydroxyl groups excluding tert-OH is 2. The Morgan fingerprint density at radius 2 is 2.04 bits per heavy atom. The zero-order chi connectivity index (χ0) is 19.6. The van der Waals surface area contributed by atoms with E-state index in [2.05, 4.69) is 4.99 Å². The molecule has 1 aliphatic heterocycles. The number of hydrogen-bond donors (Lipinski definition) is 3. The van der Waals surface area contributed by atoms with E-state index in [4.69, 9.17) is 15.6 Å². The second-order valence-electron chi connectivity index (χ2n) is 6.86. The van der Waals surface area contributed by atoms with E-state index in [1.54, 1.807) is 6.92 Å². The topological polar surface area (TPSA) is 105 Å². The van der Waals surface area contributed by atoms with Gasteiger partial charge in [0.25, 0.3) is 0 Å². The van der Waals surface area contributed by atoms with Crippen molar-refractivity contribution in [2.75, 3.05) is 19.8 Å². The van der Waals surface area contributed by atoms with E-state index in [0.717, 1.165) is 23.2 Å². The number of rotatable bonds is 9. The molecule has 1 aromatic rings. The average molecular weight is 374 g/mol. The third-order valence-electron chi connectivity index (χ3n) is 4.68. The lowest BCUT2D eigenvalue weighted by molar-refractivity contribution is -0.135. The van der Waals surface area contributed by atoms with Gasteiger partial charge in [0.1, 0.15) is 5.71 Å². The van der Waals surface area contributed by atoms with Crippen molar-refractivity contribution in [2.45, 2.75) is 45.1 Å². The van der Waals surface area contributed by atoms with Gasteiger partial charge >= 0.3 is 5.97 Å². The quantitative estimate of drug-likeness (QED) is 0.574. The maximum absolute atomic E-state index is 12.2. The van der Waals surface area contributed by atoms with Crippen LogP contribution in [0.3, 0.4) is 0 Å². The number of nitrogens with zero attached hydrogens (tertiary/aromatic N) is 1. The van der Waals surface area contributed by atoms with Gasteiger partial charge in [0.15, 0.2) is 0 Å². The highest BCUT2D eigenvalue weighted by Crippen LogP contribution is 2.27. The van der Waals surface area contributed by atoms with Gasteiger partial charge in [-0.25, -0.2) is 9.79 Å². The van der Waals surface area contributed by atoms with Crippen LogP contribution in [-0.4, -0.2) is 47.8 Å². The van der Waals surface area contributed by atoms with E-state index < -0.39 is 0 Å². The number of esters is 1. The molecule has 148 valence electrons. The molecule has 1 unspecified atom stereocenters. The van der Waals surface area contributed by atoms with Crippen LogP contribution in [0, 0.1) is 5.92 Å². The van der Waals surface area contributed by atoms with Gasteiger partial charge in [-0.1, -0.05) is 30.3 Å². The maximum Gasteiger partial charge on any atom is 0.352 e. The van der Waals surface area contributed by atoms with Crippen molar-refractivity contribution in [1.29, 1.82) is 0 Å². The van der Waals surface area contributed by atoms with Crippen molar-refractivity contribution in [1.82, 2.24) is 0 Å². The second kappa shape index (κ2) is 11.0. The fourth-order valence-corrected chi connectivity index (χ4v) is 3.18. The molecule has 0 saturated carbocycles. The first kappa shape index (κ1) is 21.3. The Labute approximate surface area is 160 Å². The predicted octanol–water partition coefficient (Wildman–Crippen LogP) is 2.08. The van der Waals surface area contributed by atoms with Crippen LogP contribution in [0.1, 0.15) is 43.7 Å². The molecule has 6 heteroatoms. The molecule has 1 aromatic carbocycles. The molecular weight excluding hydrogens is 344 g/mol. The van der Waals surface area contributed by atoms with Gasteiger partial charge in [-0.05, 0) is 49.7 Å². The fraction of sp³-hybridized carbons (Fsp3) is 0.524. The van der Waals surface area contributed by atoms with Crippen molar-refractivity contribution < 1.29 is 19.7 Å². The van der Waals surface area contributed by atoms with E-state index in [1.165, 1.54) is 0 Å². The minimum absolute atomic E-state index is 0.0642. The molecular formula is C21H30N2O4. The molecule has 0 aliphatic carbocycles. The zero-order valence-corrected chi connectivity index (χ0v) is 15.9. The summed E-state index contributed by atoms with van der Waals surface area (Å²) in [4.78, 5) is 16.8. The van der Waals surface area contributed by atoms with Crippen LogP contribution >= 0.6 is 0 Å². The largest absolute Gasteiger partial charge is 0.462 e. The highest BCUT2D eigenvalue weighted by atomic mass is 16.5. The summed E-state index contributed by atoms with van der Waals surface area (Å²) in [5.41, 5.74) is 9.17. The normalized spacial score (nSPS) is 18.3. The van der Waals surface area contributed by atoms with Crippen LogP contribution in [0.5, 0.6) is 0 Å². The van der Waals surface area contributed by atoms with Crippen LogP contribution in [0.25, 0.3) is 5.70 Å². The van der Waals surface area contributed by atoms with Crippen LogP contribution in [-0.2, 0) is 16.0 Å². The van der Waals surface area contributed by atoms with Gasteiger partial charge < -0.3 is 20.7 Å². The number of aliphatic hydroxyl groups is 2. The number of nitrogens with two attached hydrogens (primary N) is 1. The van der Waals surface area contributed by atoms with Gasteiger partial charge in [-0.2, -0.15) is 0 Å². The first-order valence-corrected chi connectivity index (χ1v) is 9.58. The van der Waals surface area contributed by atoms with Crippen molar-refractivity contribution in [3.8, 4) is 0 Å². The van der Waals surface area contributed by atoms with Gasteiger partial charge in [0, 0.05) is 25.7 Å². The van der Waals surface area contributed by atoms with Crippen molar-refractivity contribution in [2.24, 2.45) is 16.6 Å². The lowest BCUT2D eigenvalue weighted by atomic mass is 9.95. The summed E-state index contributed by atoms with van der Waals surface area (Å²) in [6.07, 6.45) is 5.20. The third-order valence-corrected chi connectivity index (χ3v) is 4.68. The van der Waals surface area contributed by atoms with E-state index in [-0.39, 0.29) is 31.1 Å². The van der Waals surface area contributed by atoms with Crippen LogP contribution in [0.2, 0.25) is 0 Å². The molecule has 1 aliphatic rings. The Balaban J connectivity index is 2.20. The van der Waals surface area contributed by atoms with Crippen LogP contribution in [0.15, 0.2) is 35.3 Å². The van der Waals surface area contributed by atoms with Crippen LogP contribution in [0.4, 0.5) is 0 Å². The predicted molar refractivity (Wildman–Crippen MR) is 106 cm³/mol. The summed E-state index contributed by atoms with van der Waals surface area (Å²) in [6.45, 7) is 2.26. The minimum Gasteiger partial charge on any atom is -0.462 e. The summed E-state index contributed by atoms with van der Waals surface area (Å²) in [5.74, 6) is -0.216. The number of carbonyl (C=O) groups excluding carboxylic acids is 1. The molecule has 2 rings (SSSR count). The standard InChI is InChI=1S/C21H30N2O4/c1-2-27-21(26)20-14-16(9-11-24)5-8-19(23-20)17-6-3-15(4-7-17)13-18(22)10-12-25/h3-4,6-8,16,18,24-25H,2,5,9-14,22H2,1H3/t16?,18-/m1/s1. The van der Waals surface area contributed by atoms with Crippen molar-refractivity contribution >= 4 is 17.4 Å². The summed E-state index contributed by atoms with van der Waals surface area (Å²) in [7, 11) is 0. The van der Waals surface area contributed by atoms with Gasteiger partial charge in [-0.15, -0.1) is 0 Å². The van der Waals surface area contributed by atoms with E-state index in [1.807, 2.05) is 30.3 Å². The number of carbonyl (C=O) groups is 1. The number of hydrogen-bond acceptors (Lipinski definition) is 6. The molecule has 27 heavy (non-hydrogen) atoms. The Hall–Kier alpha value is -2.02. The van der Waals surface area contributed by atoms with Crippen LogP contribution < -0.4 is 5.73 Å².